The Morgan fingerprint density at radius 3 is 1.86 bits per heavy atom. The Kier molecular flexibility index (Phi) is 6.68. The number of piperazine rings is 2. The molecule has 2 saturated heterocycles. The minimum absolute atomic E-state index is 0.0157. The summed E-state index contributed by atoms with van der Waals surface area (Å²) in [6, 6.07) is -0.249. The smallest absolute Gasteiger partial charge is 0.323 e. The molecule has 0 unspecified atom stereocenters. The van der Waals surface area contributed by atoms with Crippen molar-refractivity contribution in [1.82, 2.24) is 24.6 Å². The van der Waals surface area contributed by atoms with E-state index in [-0.39, 0.29) is 30.2 Å². The maximum absolute atomic E-state index is 12.5. The van der Waals surface area contributed by atoms with Crippen LogP contribution < -0.4 is 5.32 Å². The van der Waals surface area contributed by atoms with Crippen LogP contribution in [0.1, 0.15) is 19.5 Å². The Balaban J connectivity index is 1.46. The van der Waals surface area contributed by atoms with Crippen LogP contribution in [0.25, 0.3) is 0 Å². The normalized spacial score (nSPS) is 17.3. The number of nitrogens with zero attached hydrogens (tertiary/aromatic N) is 5. The lowest BCUT2D eigenvalue weighted by molar-refractivity contribution is -0.138. The highest BCUT2D eigenvalue weighted by Gasteiger charge is 2.24. The molecule has 3 rings (SSSR count). The predicted molar refractivity (Wildman–Crippen MR) is 107 cm³/mol. The Bertz CT molecular complexity index is 719. The van der Waals surface area contributed by atoms with E-state index in [0.717, 1.165) is 0 Å². The summed E-state index contributed by atoms with van der Waals surface area (Å²) in [5.41, 5.74) is 0.616. The summed E-state index contributed by atoms with van der Waals surface area (Å²) in [5.74, 6) is 0.0124. The number of amides is 5. The predicted octanol–water partition coefficient (Wildman–Crippen LogP) is 0.0723. The Labute approximate surface area is 173 Å². The van der Waals surface area contributed by atoms with Crippen LogP contribution in [0.5, 0.6) is 0 Å². The second-order valence-electron chi connectivity index (χ2n) is 7.13. The quantitative estimate of drug-likeness (QED) is 0.742. The van der Waals surface area contributed by atoms with Crippen molar-refractivity contribution in [2.24, 2.45) is 0 Å². The van der Waals surface area contributed by atoms with Crippen molar-refractivity contribution in [1.29, 1.82) is 0 Å². The van der Waals surface area contributed by atoms with Gasteiger partial charge in [-0.3, -0.25) is 19.7 Å². The van der Waals surface area contributed by atoms with Gasteiger partial charge >= 0.3 is 6.03 Å². The Morgan fingerprint density at radius 1 is 0.862 bits per heavy atom. The molecule has 11 heteroatoms. The lowest BCUT2D eigenvalue weighted by Gasteiger charge is -2.34. The number of carbonyl (C=O) groups is 4. The van der Waals surface area contributed by atoms with Crippen molar-refractivity contribution in [2.75, 3.05) is 57.7 Å². The number of thiazole rings is 1. The summed E-state index contributed by atoms with van der Waals surface area (Å²) < 4.78 is 0. The monoisotopic (exact) mass is 422 g/mol. The molecule has 1 aromatic heterocycles. The van der Waals surface area contributed by atoms with Crippen molar-refractivity contribution >= 4 is 40.2 Å². The van der Waals surface area contributed by atoms with Gasteiger partial charge in [0.15, 0.2) is 5.13 Å². The van der Waals surface area contributed by atoms with Crippen LogP contribution >= 0.6 is 11.3 Å². The van der Waals surface area contributed by atoms with Gasteiger partial charge in [0.1, 0.15) is 0 Å². The first kappa shape index (κ1) is 21.0. The molecule has 0 aliphatic carbocycles. The van der Waals surface area contributed by atoms with Gasteiger partial charge in [0, 0.05) is 71.6 Å². The molecular weight excluding hydrogens is 396 g/mol. The highest BCUT2D eigenvalue weighted by Crippen LogP contribution is 2.18. The van der Waals surface area contributed by atoms with Crippen LogP contribution in [-0.2, 0) is 20.8 Å². The van der Waals surface area contributed by atoms with Gasteiger partial charge in [-0.05, 0) is 0 Å². The van der Waals surface area contributed by atoms with E-state index in [9.17, 15) is 19.2 Å². The van der Waals surface area contributed by atoms with Gasteiger partial charge < -0.3 is 19.6 Å². The zero-order valence-electron chi connectivity index (χ0n) is 16.7. The summed E-state index contributed by atoms with van der Waals surface area (Å²) in [4.78, 5) is 58.8. The number of anilines is 1. The van der Waals surface area contributed by atoms with E-state index in [2.05, 4.69) is 10.3 Å². The van der Waals surface area contributed by atoms with Crippen molar-refractivity contribution in [3.05, 3.63) is 11.1 Å². The first-order valence-electron chi connectivity index (χ1n) is 9.62. The molecule has 2 fully saturated rings. The highest BCUT2D eigenvalue weighted by atomic mass is 32.1. The zero-order chi connectivity index (χ0) is 21.0. The summed E-state index contributed by atoms with van der Waals surface area (Å²) in [6.07, 6.45) is 0.170. The van der Waals surface area contributed by atoms with Crippen molar-refractivity contribution in [3.63, 3.8) is 0 Å². The molecule has 29 heavy (non-hydrogen) atoms. The highest BCUT2D eigenvalue weighted by molar-refractivity contribution is 7.13. The van der Waals surface area contributed by atoms with Crippen LogP contribution in [0.3, 0.4) is 0 Å². The fraction of sp³-hybridized carbons (Fsp3) is 0.611. The molecule has 0 aromatic carbocycles. The lowest BCUT2D eigenvalue weighted by atomic mass is 10.2. The van der Waals surface area contributed by atoms with Crippen LogP contribution in [-0.4, -0.2) is 101 Å². The summed E-state index contributed by atoms with van der Waals surface area (Å²) in [5, 5.41) is 4.99. The Morgan fingerprint density at radius 2 is 1.34 bits per heavy atom. The van der Waals surface area contributed by atoms with E-state index < -0.39 is 0 Å². The minimum Gasteiger partial charge on any atom is -0.339 e. The summed E-state index contributed by atoms with van der Waals surface area (Å²) >= 11 is 1.28. The molecule has 0 bridgehead atoms. The number of rotatable bonds is 3. The van der Waals surface area contributed by atoms with E-state index in [1.54, 1.807) is 25.0 Å². The number of aromatic nitrogens is 1. The van der Waals surface area contributed by atoms with Crippen LogP contribution in [0.2, 0.25) is 0 Å². The van der Waals surface area contributed by atoms with E-state index >= 15 is 0 Å². The maximum Gasteiger partial charge on any atom is 0.323 e. The average Bonchev–Trinajstić information content (AvgIpc) is 3.14. The standard InChI is InChI=1S/C18H26N6O4S/c1-13(25)21-3-7-23(8-4-21)16(27)11-15-12-29-17(19-15)20-18(28)24-9-5-22(6-10-24)14(2)26/h12H,3-11H2,1-2H3,(H,19,20,28). The van der Waals surface area contributed by atoms with Crippen LogP contribution in [0.4, 0.5) is 9.93 Å². The second kappa shape index (κ2) is 9.21. The third-order valence-corrected chi connectivity index (χ3v) is 5.99. The SMILES string of the molecule is CC(=O)N1CCN(C(=O)Cc2csc(NC(=O)N3CCN(C(C)=O)CC3)n2)CC1. The molecule has 0 spiro atoms. The molecule has 1 N–H and O–H groups in total. The number of hydrogen-bond acceptors (Lipinski definition) is 6. The van der Waals surface area contributed by atoms with Crippen molar-refractivity contribution in [2.45, 2.75) is 20.3 Å². The van der Waals surface area contributed by atoms with Crippen LogP contribution in [0, 0.1) is 0 Å². The molecule has 2 aliphatic rings. The summed E-state index contributed by atoms with van der Waals surface area (Å²) in [6.45, 7) is 7.23. The fourth-order valence-corrected chi connectivity index (χ4v) is 4.08. The number of nitrogens with one attached hydrogen (secondary N) is 1. The largest absolute Gasteiger partial charge is 0.339 e. The molecular formula is C18H26N6O4S. The first-order chi connectivity index (χ1) is 13.8. The molecule has 1 aromatic rings. The fourth-order valence-electron chi connectivity index (χ4n) is 3.38. The van der Waals surface area contributed by atoms with Gasteiger partial charge in [0.25, 0.3) is 0 Å². The number of carbonyl (C=O) groups excluding carboxylic acids is 4. The van der Waals surface area contributed by atoms with Gasteiger partial charge in [-0.25, -0.2) is 9.78 Å². The van der Waals surface area contributed by atoms with E-state index in [1.165, 1.54) is 25.2 Å². The van der Waals surface area contributed by atoms with E-state index in [4.69, 9.17) is 0 Å². The summed E-state index contributed by atoms with van der Waals surface area (Å²) in [7, 11) is 0. The lowest BCUT2D eigenvalue weighted by Crippen LogP contribution is -2.51. The first-order valence-corrected chi connectivity index (χ1v) is 10.5. The van der Waals surface area contributed by atoms with E-state index in [1.807, 2.05) is 0 Å². The molecule has 158 valence electrons. The average molecular weight is 423 g/mol. The van der Waals surface area contributed by atoms with Gasteiger partial charge in [-0.1, -0.05) is 0 Å². The number of urea groups is 1. The van der Waals surface area contributed by atoms with Gasteiger partial charge in [-0.15, -0.1) is 11.3 Å². The molecule has 0 radical (unpaired) electrons. The molecule has 5 amide bonds. The van der Waals surface area contributed by atoms with E-state index in [0.29, 0.717) is 63.2 Å². The Hall–Kier alpha value is -2.69. The zero-order valence-corrected chi connectivity index (χ0v) is 17.5. The molecule has 0 atom stereocenters. The molecule has 3 heterocycles. The third-order valence-electron chi connectivity index (χ3n) is 5.19. The maximum atomic E-state index is 12.5. The van der Waals surface area contributed by atoms with Gasteiger partial charge in [0.2, 0.25) is 17.7 Å². The number of hydrogen-bond donors (Lipinski definition) is 1. The minimum atomic E-state index is -0.249. The third kappa shape index (κ3) is 5.43. The van der Waals surface area contributed by atoms with Crippen molar-refractivity contribution < 1.29 is 19.2 Å². The molecule has 0 saturated carbocycles. The topological polar surface area (TPSA) is 106 Å². The van der Waals surface area contributed by atoms with Crippen molar-refractivity contribution in [3.8, 4) is 0 Å². The van der Waals surface area contributed by atoms with Gasteiger partial charge in [-0.2, -0.15) is 0 Å². The molecule has 2 aliphatic heterocycles. The second-order valence-corrected chi connectivity index (χ2v) is 7.99. The molecule has 10 nitrogen and oxygen atoms in total. The van der Waals surface area contributed by atoms with Crippen LogP contribution in [0.15, 0.2) is 5.38 Å². The van der Waals surface area contributed by atoms with Gasteiger partial charge in [0.05, 0.1) is 12.1 Å².